The third-order valence-corrected chi connectivity index (χ3v) is 4.08. The Kier molecular flexibility index (Phi) is 5.37. The van der Waals surface area contributed by atoms with Crippen molar-refractivity contribution in [2.45, 2.75) is 39.0 Å². The van der Waals surface area contributed by atoms with Gasteiger partial charge in [-0.2, -0.15) is 0 Å². The van der Waals surface area contributed by atoms with Crippen molar-refractivity contribution >= 4 is 0 Å². The molecule has 1 aromatic rings. The Balaban J connectivity index is 1.86. The van der Waals surface area contributed by atoms with Crippen LogP contribution in [0.3, 0.4) is 0 Å². The molecule has 0 saturated carbocycles. The molecule has 0 aliphatic carbocycles. The summed E-state index contributed by atoms with van der Waals surface area (Å²) in [6.07, 6.45) is 2.46. The number of hydrogen-bond donors (Lipinski definition) is 1. The van der Waals surface area contributed by atoms with Gasteiger partial charge in [0.2, 0.25) is 0 Å². The Morgan fingerprint density at radius 2 is 2.00 bits per heavy atom. The van der Waals surface area contributed by atoms with Gasteiger partial charge in [-0.25, -0.2) is 0 Å². The number of piperidine rings is 1. The molecule has 1 fully saturated rings. The number of rotatable bonds is 5. The Hall–Kier alpha value is -0.900. The molecule has 1 aliphatic rings. The predicted molar refractivity (Wildman–Crippen MR) is 78.8 cm³/mol. The van der Waals surface area contributed by atoms with E-state index in [4.69, 9.17) is 10.5 Å². The number of nitrogens with zero attached hydrogens (tertiary/aromatic N) is 1. The smallest absolute Gasteiger partial charge is 0.0713 e. The summed E-state index contributed by atoms with van der Waals surface area (Å²) in [6, 6.07) is 9.04. The van der Waals surface area contributed by atoms with Crippen molar-refractivity contribution in [3.8, 4) is 0 Å². The molecule has 1 heterocycles. The van der Waals surface area contributed by atoms with E-state index < -0.39 is 0 Å². The molecule has 1 unspecified atom stereocenters. The maximum Gasteiger partial charge on any atom is 0.0713 e. The fourth-order valence-corrected chi connectivity index (χ4v) is 2.88. The SMILES string of the molecule is COCc1cccc(CN2CCC(C(C)N)CC2)c1. The maximum atomic E-state index is 5.99. The molecule has 2 N–H and O–H groups in total. The normalized spacial score (nSPS) is 19.5. The van der Waals surface area contributed by atoms with Crippen molar-refractivity contribution in [1.29, 1.82) is 0 Å². The van der Waals surface area contributed by atoms with E-state index in [1.54, 1.807) is 7.11 Å². The third-order valence-electron chi connectivity index (χ3n) is 4.08. The molecule has 19 heavy (non-hydrogen) atoms. The summed E-state index contributed by atoms with van der Waals surface area (Å²) in [7, 11) is 1.74. The summed E-state index contributed by atoms with van der Waals surface area (Å²) in [5, 5.41) is 0. The van der Waals surface area contributed by atoms with Gasteiger partial charge in [0.1, 0.15) is 0 Å². The van der Waals surface area contributed by atoms with Crippen LogP contribution in [0.1, 0.15) is 30.9 Å². The van der Waals surface area contributed by atoms with Crippen LogP contribution in [0.2, 0.25) is 0 Å². The van der Waals surface area contributed by atoms with Gasteiger partial charge in [0.25, 0.3) is 0 Å². The van der Waals surface area contributed by atoms with E-state index in [2.05, 4.69) is 36.1 Å². The van der Waals surface area contributed by atoms with Gasteiger partial charge < -0.3 is 10.5 Å². The first kappa shape index (κ1) is 14.5. The molecule has 0 bridgehead atoms. The van der Waals surface area contributed by atoms with E-state index in [0.29, 0.717) is 18.6 Å². The van der Waals surface area contributed by atoms with Gasteiger partial charge in [-0.3, -0.25) is 4.90 Å². The molecule has 0 spiro atoms. The number of methoxy groups -OCH3 is 1. The van der Waals surface area contributed by atoms with Crippen LogP contribution in [0.25, 0.3) is 0 Å². The van der Waals surface area contributed by atoms with Crippen LogP contribution in [0.4, 0.5) is 0 Å². The second kappa shape index (κ2) is 7.04. The van der Waals surface area contributed by atoms with Crippen LogP contribution in [0, 0.1) is 5.92 Å². The lowest BCUT2D eigenvalue weighted by Gasteiger charge is -2.33. The highest BCUT2D eigenvalue weighted by molar-refractivity contribution is 5.23. The summed E-state index contributed by atoms with van der Waals surface area (Å²) in [4.78, 5) is 2.53. The summed E-state index contributed by atoms with van der Waals surface area (Å²) in [5.41, 5.74) is 8.62. The third kappa shape index (κ3) is 4.30. The molecular weight excluding hydrogens is 236 g/mol. The number of likely N-dealkylation sites (tertiary alicyclic amines) is 1. The molecule has 3 nitrogen and oxygen atoms in total. The molecule has 0 aromatic heterocycles. The molecular formula is C16H26N2O. The first-order valence-electron chi connectivity index (χ1n) is 7.23. The Labute approximate surface area is 116 Å². The molecule has 1 aliphatic heterocycles. The van der Waals surface area contributed by atoms with E-state index >= 15 is 0 Å². The van der Waals surface area contributed by atoms with Crippen molar-refractivity contribution in [2.24, 2.45) is 11.7 Å². The van der Waals surface area contributed by atoms with Crippen LogP contribution < -0.4 is 5.73 Å². The quantitative estimate of drug-likeness (QED) is 0.885. The highest BCUT2D eigenvalue weighted by atomic mass is 16.5. The minimum Gasteiger partial charge on any atom is -0.380 e. The lowest BCUT2D eigenvalue weighted by atomic mass is 9.91. The van der Waals surface area contributed by atoms with E-state index in [1.807, 2.05) is 0 Å². The van der Waals surface area contributed by atoms with Crippen molar-refractivity contribution in [2.75, 3.05) is 20.2 Å². The van der Waals surface area contributed by atoms with Crippen LogP contribution in [-0.4, -0.2) is 31.1 Å². The molecule has 106 valence electrons. The zero-order valence-electron chi connectivity index (χ0n) is 12.1. The summed E-state index contributed by atoms with van der Waals surface area (Å²) in [6.45, 7) is 6.21. The second-order valence-electron chi connectivity index (χ2n) is 5.73. The standard InChI is InChI=1S/C16H26N2O/c1-13(17)16-6-8-18(9-7-16)11-14-4-3-5-15(10-14)12-19-2/h3-5,10,13,16H,6-9,11-12,17H2,1-2H3. The second-order valence-corrected chi connectivity index (χ2v) is 5.73. The molecule has 1 atom stereocenters. The fraction of sp³-hybridized carbons (Fsp3) is 0.625. The van der Waals surface area contributed by atoms with Crippen LogP contribution in [-0.2, 0) is 17.9 Å². The van der Waals surface area contributed by atoms with Gasteiger partial charge in [-0.15, -0.1) is 0 Å². The largest absolute Gasteiger partial charge is 0.380 e. The first-order valence-corrected chi connectivity index (χ1v) is 7.23. The highest BCUT2D eigenvalue weighted by Gasteiger charge is 2.21. The van der Waals surface area contributed by atoms with Gasteiger partial charge in [-0.05, 0) is 49.9 Å². The summed E-state index contributed by atoms with van der Waals surface area (Å²) < 4.78 is 5.19. The van der Waals surface area contributed by atoms with Gasteiger partial charge >= 0.3 is 0 Å². The fourth-order valence-electron chi connectivity index (χ4n) is 2.88. The lowest BCUT2D eigenvalue weighted by Crippen LogP contribution is -2.39. The van der Waals surface area contributed by atoms with Crippen LogP contribution in [0.15, 0.2) is 24.3 Å². The van der Waals surface area contributed by atoms with Gasteiger partial charge in [0.05, 0.1) is 6.61 Å². The highest BCUT2D eigenvalue weighted by Crippen LogP contribution is 2.21. The predicted octanol–water partition coefficient (Wildman–Crippen LogP) is 2.39. The Morgan fingerprint density at radius 3 is 2.63 bits per heavy atom. The van der Waals surface area contributed by atoms with E-state index in [1.165, 1.54) is 37.1 Å². The Morgan fingerprint density at radius 1 is 1.32 bits per heavy atom. The lowest BCUT2D eigenvalue weighted by molar-refractivity contribution is 0.165. The van der Waals surface area contributed by atoms with E-state index in [0.717, 1.165) is 6.54 Å². The van der Waals surface area contributed by atoms with Crippen molar-refractivity contribution in [3.63, 3.8) is 0 Å². The maximum absolute atomic E-state index is 5.99. The minimum atomic E-state index is 0.340. The zero-order valence-corrected chi connectivity index (χ0v) is 12.1. The molecule has 0 radical (unpaired) electrons. The zero-order chi connectivity index (χ0) is 13.7. The average Bonchev–Trinajstić information content (AvgIpc) is 2.40. The van der Waals surface area contributed by atoms with Gasteiger partial charge in [-0.1, -0.05) is 24.3 Å². The number of hydrogen-bond acceptors (Lipinski definition) is 3. The van der Waals surface area contributed by atoms with E-state index in [-0.39, 0.29) is 0 Å². The Bertz CT molecular complexity index is 384. The van der Waals surface area contributed by atoms with Crippen molar-refractivity contribution < 1.29 is 4.74 Å². The van der Waals surface area contributed by atoms with Gasteiger partial charge in [0.15, 0.2) is 0 Å². The molecule has 0 amide bonds. The van der Waals surface area contributed by atoms with Crippen LogP contribution >= 0.6 is 0 Å². The number of nitrogens with two attached hydrogens (primary N) is 1. The monoisotopic (exact) mass is 262 g/mol. The summed E-state index contributed by atoms with van der Waals surface area (Å²) >= 11 is 0. The molecule has 1 saturated heterocycles. The van der Waals surface area contributed by atoms with Crippen LogP contribution in [0.5, 0.6) is 0 Å². The molecule has 2 rings (SSSR count). The summed E-state index contributed by atoms with van der Waals surface area (Å²) in [5.74, 6) is 0.705. The van der Waals surface area contributed by atoms with E-state index in [9.17, 15) is 0 Å². The molecule has 3 heteroatoms. The minimum absolute atomic E-state index is 0.340. The molecule has 1 aromatic carbocycles. The number of ether oxygens (including phenoxy) is 1. The van der Waals surface area contributed by atoms with Crippen molar-refractivity contribution in [3.05, 3.63) is 35.4 Å². The van der Waals surface area contributed by atoms with Crippen molar-refractivity contribution in [1.82, 2.24) is 4.90 Å². The topological polar surface area (TPSA) is 38.5 Å². The van der Waals surface area contributed by atoms with Gasteiger partial charge in [0, 0.05) is 19.7 Å². The number of benzene rings is 1. The first-order chi connectivity index (χ1) is 9.19. The average molecular weight is 262 g/mol.